The third kappa shape index (κ3) is 3.19. The highest BCUT2D eigenvalue weighted by molar-refractivity contribution is 6.07. The van der Waals surface area contributed by atoms with Gasteiger partial charge in [0.15, 0.2) is 0 Å². The van der Waals surface area contributed by atoms with Crippen molar-refractivity contribution >= 4 is 11.6 Å². The van der Waals surface area contributed by atoms with E-state index in [0.29, 0.717) is 12.1 Å². The number of fused-ring (bicyclic) bond motifs is 2. The zero-order valence-electron chi connectivity index (χ0n) is 15.7. The van der Waals surface area contributed by atoms with Gasteiger partial charge in [0.25, 0.3) is 5.91 Å². The fourth-order valence-corrected chi connectivity index (χ4v) is 4.53. The topological polar surface area (TPSA) is 23.6 Å². The van der Waals surface area contributed by atoms with Gasteiger partial charge in [-0.2, -0.15) is 0 Å². The van der Waals surface area contributed by atoms with Crippen molar-refractivity contribution in [3.63, 3.8) is 0 Å². The zero-order valence-corrected chi connectivity index (χ0v) is 15.7. The van der Waals surface area contributed by atoms with Crippen molar-refractivity contribution in [3.05, 3.63) is 77.6 Å². The van der Waals surface area contributed by atoms with E-state index >= 15 is 0 Å². The molecule has 2 aliphatic heterocycles. The molecule has 0 saturated carbocycles. The fourth-order valence-electron chi connectivity index (χ4n) is 4.53. The normalized spacial score (nSPS) is 18.5. The lowest BCUT2D eigenvalue weighted by molar-refractivity contribution is 0.0977. The number of aryl methyl sites for hydroxylation is 1. The van der Waals surface area contributed by atoms with E-state index in [1.807, 2.05) is 42.2 Å². The summed E-state index contributed by atoms with van der Waals surface area (Å²) < 4.78 is 14.1. The summed E-state index contributed by atoms with van der Waals surface area (Å²) in [4.78, 5) is 17.5. The van der Waals surface area contributed by atoms with Crippen molar-refractivity contribution < 1.29 is 9.18 Å². The summed E-state index contributed by atoms with van der Waals surface area (Å²) in [5.74, 6) is -0.233. The molecule has 3 nitrogen and oxygen atoms in total. The van der Waals surface area contributed by atoms with Crippen LogP contribution in [-0.2, 0) is 5.41 Å². The van der Waals surface area contributed by atoms with Crippen LogP contribution < -0.4 is 4.90 Å². The number of carbonyl (C=O) groups excluding carboxylic acids is 1. The first-order chi connectivity index (χ1) is 13.0. The molecule has 0 bridgehead atoms. The SMILES string of the molecule is C=CCN1CCC2(CC1)CN(C(=O)c1cccc(C)c1)c1ccc(F)cc12. The van der Waals surface area contributed by atoms with Gasteiger partial charge in [0.2, 0.25) is 0 Å². The molecule has 140 valence electrons. The summed E-state index contributed by atoms with van der Waals surface area (Å²) in [6.07, 6.45) is 3.78. The maximum Gasteiger partial charge on any atom is 0.258 e. The molecular formula is C23H25FN2O. The Morgan fingerprint density at radius 3 is 2.70 bits per heavy atom. The quantitative estimate of drug-likeness (QED) is 0.758. The van der Waals surface area contributed by atoms with Gasteiger partial charge in [0.05, 0.1) is 0 Å². The monoisotopic (exact) mass is 364 g/mol. The van der Waals surface area contributed by atoms with Crippen LogP contribution in [0.4, 0.5) is 10.1 Å². The number of benzene rings is 2. The summed E-state index contributed by atoms with van der Waals surface area (Å²) in [5, 5.41) is 0. The van der Waals surface area contributed by atoms with Crippen molar-refractivity contribution in [3.8, 4) is 0 Å². The van der Waals surface area contributed by atoms with E-state index in [9.17, 15) is 9.18 Å². The number of nitrogens with zero attached hydrogens (tertiary/aromatic N) is 2. The molecule has 0 unspecified atom stereocenters. The Labute approximate surface area is 160 Å². The van der Waals surface area contributed by atoms with Crippen LogP contribution in [0.1, 0.15) is 34.3 Å². The zero-order chi connectivity index (χ0) is 19.0. The van der Waals surface area contributed by atoms with E-state index in [4.69, 9.17) is 0 Å². The van der Waals surface area contributed by atoms with Gasteiger partial charge in [-0.15, -0.1) is 6.58 Å². The van der Waals surface area contributed by atoms with Gasteiger partial charge >= 0.3 is 0 Å². The Hall–Kier alpha value is -2.46. The van der Waals surface area contributed by atoms with Crippen LogP contribution in [0.5, 0.6) is 0 Å². The number of anilines is 1. The smallest absolute Gasteiger partial charge is 0.258 e. The molecule has 2 aromatic carbocycles. The first-order valence-corrected chi connectivity index (χ1v) is 9.54. The first kappa shape index (κ1) is 17.9. The van der Waals surface area contributed by atoms with Gasteiger partial charge in [-0.3, -0.25) is 9.69 Å². The minimum Gasteiger partial charge on any atom is -0.307 e. The van der Waals surface area contributed by atoms with Crippen molar-refractivity contribution in [1.82, 2.24) is 4.90 Å². The highest BCUT2D eigenvalue weighted by Gasteiger charge is 2.46. The number of hydrogen-bond acceptors (Lipinski definition) is 2. The van der Waals surface area contributed by atoms with Gasteiger partial charge in [0, 0.05) is 29.8 Å². The molecule has 27 heavy (non-hydrogen) atoms. The first-order valence-electron chi connectivity index (χ1n) is 9.54. The van der Waals surface area contributed by atoms with Crippen molar-refractivity contribution in [2.75, 3.05) is 31.1 Å². The Kier molecular flexibility index (Phi) is 4.60. The highest BCUT2D eigenvalue weighted by Crippen LogP contribution is 2.47. The van der Waals surface area contributed by atoms with Crippen LogP contribution in [-0.4, -0.2) is 37.0 Å². The van der Waals surface area contributed by atoms with Crippen LogP contribution in [0.3, 0.4) is 0 Å². The van der Waals surface area contributed by atoms with Crippen LogP contribution >= 0.6 is 0 Å². The minimum absolute atomic E-state index is 0.00282. The molecular weight excluding hydrogens is 339 g/mol. The van der Waals surface area contributed by atoms with E-state index in [-0.39, 0.29) is 17.1 Å². The Morgan fingerprint density at radius 2 is 2.00 bits per heavy atom. The molecule has 2 aliphatic rings. The molecule has 1 amide bonds. The van der Waals surface area contributed by atoms with E-state index in [1.165, 1.54) is 6.07 Å². The van der Waals surface area contributed by atoms with Crippen LogP contribution in [0.2, 0.25) is 0 Å². The Bertz CT molecular complexity index is 884. The van der Waals surface area contributed by atoms with Gasteiger partial charge < -0.3 is 4.90 Å². The number of likely N-dealkylation sites (tertiary alicyclic amines) is 1. The summed E-state index contributed by atoms with van der Waals surface area (Å²) in [6, 6.07) is 12.5. The molecule has 2 heterocycles. The summed E-state index contributed by atoms with van der Waals surface area (Å²) in [6.45, 7) is 9.19. The number of halogens is 1. The van der Waals surface area contributed by atoms with Crippen molar-refractivity contribution in [1.29, 1.82) is 0 Å². The van der Waals surface area contributed by atoms with Crippen LogP contribution in [0.25, 0.3) is 0 Å². The molecule has 0 radical (unpaired) electrons. The average Bonchev–Trinajstić information content (AvgIpc) is 2.97. The molecule has 2 aromatic rings. The molecule has 0 atom stereocenters. The number of carbonyl (C=O) groups is 1. The van der Waals surface area contributed by atoms with Crippen molar-refractivity contribution in [2.45, 2.75) is 25.2 Å². The van der Waals surface area contributed by atoms with E-state index in [2.05, 4.69) is 11.5 Å². The molecule has 0 N–H and O–H groups in total. The second kappa shape index (κ2) is 6.93. The highest BCUT2D eigenvalue weighted by atomic mass is 19.1. The molecule has 4 rings (SSSR count). The Morgan fingerprint density at radius 1 is 1.22 bits per heavy atom. The van der Waals surface area contributed by atoms with E-state index in [1.54, 1.807) is 12.1 Å². The van der Waals surface area contributed by atoms with E-state index < -0.39 is 0 Å². The molecule has 1 spiro atoms. The summed E-state index contributed by atoms with van der Waals surface area (Å²) >= 11 is 0. The lowest BCUT2D eigenvalue weighted by Crippen LogP contribution is -2.46. The maximum atomic E-state index is 14.1. The van der Waals surface area contributed by atoms with Gasteiger partial charge in [-0.1, -0.05) is 23.8 Å². The fraction of sp³-hybridized carbons (Fsp3) is 0.348. The Balaban J connectivity index is 1.68. The van der Waals surface area contributed by atoms with E-state index in [0.717, 1.165) is 49.3 Å². The molecule has 1 saturated heterocycles. The number of piperidine rings is 1. The molecule has 0 aromatic heterocycles. The van der Waals surface area contributed by atoms with Gasteiger partial charge in [-0.05, 0) is 68.8 Å². The number of hydrogen-bond donors (Lipinski definition) is 0. The van der Waals surface area contributed by atoms with Crippen LogP contribution in [0, 0.1) is 12.7 Å². The standard InChI is InChI=1S/C23H25FN2O/c1-3-11-25-12-9-23(10-13-25)16-26(21-8-7-19(24)15-20(21)23)22(27)18-6-4-5-17(2)14-18/h3-8,14-15H,1,9-13,16H2,2H3. The molecule has 1 fully saturated rings. The lowest BCUT2D eigenvalue weighted by Gasteiger charge is -2.39. The van der Waals surface area contributed by atoms with Gasteiger partial charge in [0.1, 0.15) is 5.82 Å². The minimum atomic E-state index is -0.230. The second-order valence-corrected chi connectivity index (χ2v) is 7.79. The molecule has 4 heteroatoms. The third-order valence-corrected chi connectivity index (χ3v) is 5.99. The lowest BCUT2D eigenvalue weighted by atomic mass is 9.74. The predicted octanol–water partition coefficient (Wildman–Crippen LogP) is 4.31. The van der Waals surface area contributed by atoms with Gasteiger partial charge in [-0.25, -0.2) is 4.39 Å². The van der Waals surface area contributed by atoms with Crippen molar-refractivity contribution in [2.24, 2.45) is 0 Å². The number of amides is 1. The maximum absolute atomic E-state index is 14.1. The largest absolute Gasteiger partial charge is 0.307 e. The molecule has 0 aliphatic carbocycles. The summed E-state index contributed by atoms with van der Waals surface area (Å²) in [7, 11) is 0. The number of rotatable bonds is 3. The average molecular weight is 364 g/mol. The predicted molar refractivity (Wildman–Crippen MR) is 107 cm³/mol. The van der Waals surface area contributed by atoms with Crippen LogP contribution in [0.15, 0.2) is 55.1 Å². The summed E-state index contributed by atoms with van der Waals surface area (Å²) in [5.41, 5.74) is 3.44. The second-order valence-electron chi connectivity index (χ2n) is 7.79. The third-order valence-electron chi connectivity index (χ3n) is 5.99.